The first kappa shape index (κ1) is 20.6. The zero-order valence-electron chi connectivity index (χ0n) is 15.7. The third-order valence-corrected chi connectivity index (χ3v) is 6.53. The van der Waals surface area contributed by atoms with Gasteiger partial charge in [-0.1, -0.05) is 19.1 Å². The van der Waals surface area contributed by atoms with Crippen molar-refractivity contribution in [1.29, 1.82) is 0 Å². The highest BCUT2D eigenvalue weighted by Gasteiger charge is 2.46. The highest BCUT2D eigenvalue weighted by Crippen LogP contribution is 2.29. The second-order valence-electron chi connectivity index (χ2n) is 6.88. The lowest BCUT2D eigenvalue weighted by molar-refractivity contribution is 0.0356. The van der Waals surface area contributed by atoms with E-state index in [4.69, 9.17) is 18.4 Å². The van der Waals surface area contributed by atoms with E-state index in [0.717, 1.165) is 35.3 Å². The second kappa shape index (κ2) is 8.80. The summed E-state index contributed by atoms with van der Waals surface area (Å²) in [5.41, 5.74) is 9.13. The Bertz CT molecular complexity index is 610. The lowest BCUT2D eigenvalue weighted by Crippen LogP contribution is -2.75. The van der Waals surface area contributed by atoms with Crippen LogP contribution in [0, 0.1) is 13.8 Å². The number of benzene rings is 1. The predicted molar refractivity (Wildman–Crippen MR) is 112 cm³/mol. The van der Waals surface area contributed by atoms with E-state index in [2.05, 4.69) is 18.5 Å². The molecule has 3 atom stereocenters. The quantitative estimate of drug-likeness (QED) is 0.663. The van der Waals surface area contributed by atoms with Crippen molar-refractivity contribution in [3.05, 3.63) is 34.9 Å². The van der Waals surface area contributed by atoms with Crippen molar-refractivity contribution in [2.24, 2.45) is 5.73 Å². The van der Waals surface area contributed by atoms with Crippen molar-refractivity contribution in [3.8, 4) is 0 Å². The van der Waals surface area contributed by atoms with Gasteiger partial charge in [-0.3, -0.25) is 10.1 Å². The Morgan fingerprint density at radius 2 is 2.24 bits per heavy atom. The maximum Gasteiger partial charge on any atom is 0.254 e. The molecule has 25 heavy (non-hydrogen) atoms. The minimum absolute atomic E-state index is 0.0359. The molecule has 4 nitrogen and oxygen atoms in total. The predicted octanol–water partition coefficient (Wildman–Crippen LogP) is 2.83. The molecule has 1 aliphatic heterocycles. The van der Waals surface area contributed by atoms with Crippen molar-refractivity contribution in [2.75, 3.05) is 25.1 Å². The van der Waals surface area contributed by atoms with Crippen molar-refractivity contribution < 1.29 is 4.79 Å². The molecule has 1 amide bonds. The number of thiol groups is 1. The molecule has 1 fully saturated rings. The molecule has 0 bridgehead atoms. The highest BCUT2D eigenvalue weighted by atomic mass is 32.2. The first-order valence-corrected chi connectivity index (χ1v) is 10.8. The van der Waals surface area contributed by atoms with Crippen molar-refractivity contribution in [2.45, 2.75) is 50.6 Å². The summed E-state index contributed by atoms with van der Waals surface area (Å²) in [5, 5.41) is 3.52. The zero-order valence-corrected chi connectivity index (χ0v) is 17.4. The molecule has 0 radical (unpaired) electrons. The molecule has 0 aromatic heterocycles. The molecule has 0 aliphatic carbocycles. The van der Waals surface area contributed by atoms with E-state index < -0.39 is 5.66 Å². The average Bonchev–Trinajstić information content (AvgIpc) is 2.61. The summed E-state index contributed by atoms with van der Waals surface area (Å²) in [7, 11) is 0. The SMILES string of the molecule is CCC(S)C1N(C(=O)c2cccc(C)c2C)CCNC1(N)CCSC. The highest BCUT2D eigenvalue weighted by molar-refractivity contribution is 7.98. The Morgan fingerprint density at radius 1 is 1.52 bits per heavy atom. The maximum absolute atomic E-state index is 13.4. The van der Waals surface area contributed by atoms with Gasteiger partial charge >= 0.3 is 0 Å². The molecule has 0 saturated carbocycles. The van der Waals surface area contributed by atoms with Gasteiger partial charge in [-0.2, -0.15) is 24.4 Å². The Hall–Kier alpha value is -0.690. The van der Waals surface area contributed by atoms with Crippen molar-refractivity contribution >= 4 is 30.3 Å². The number of carbonyl (C=O) groups is 1. The van der Waals surface area contributed by atoms with Gasteiger partial charge in [0.15, 0.2) is 0 Å². The van der Waals surface area contributed by atoms with Gasteiger partial charge in [0.2, 0.25) is 0 Å². The minimum Gasteiger partial charge on any atom is -0.330 e. The topological polar surface area (TPSA) is 58.4 Å². The molecule has 1 heterocycles. The lowest BCUT2D eigenvalue weighted by atomic mass is 9.88. The summed E-state index contributed by atoms with van der Waals surface area (Å²) in [4.78, 5) is 15.3. The summed E-state index contributed by atoms with van der Waals surface area (Å²) >= 11 is 6.58. The van der Waals surface area contributed by atoms with Crippen molar-refractivity contribution in [3.63, 3.8) is 0 Å². The molecule has 2 rings (SSSR count). The first-order chi connectivity index (χ1) is 11.9. The smallest absolute Gasteiger partial charge is 0.254 e. The Labute approximate surface area is 161 Å². The molecule has 3 N–H and O–H groups in total. The Balaban J connectivity index is 2.39. The van der Waals surface area contributed by atoms with Crippen LogP contribution in [0.15, 0.2) is 18.2 Å². The third-order valence-electron chi connectivity index (χ3n) is 5.27. The fourth-order valence-corrected chi connectivity index (χ4v) is 4.55. The molecule has 6 heteroatoms. The van der Waals surface area contributed by atoms with Gasteiger partial charge in [0.25, 0.3) is 5.91 Å². The van der Waals surface area contributed by atoms with E-state index in [0.29, 0.717) is 13.1 Å². The molecule has 1 aromatic carbocycles. The number of carbonyl (C=O) groups excluding carboxylic acids is 1. The maximum atomic E-state index is 13.4. The van der Waals surface area contributed by atoms with Crippen LogP contribution in [-0.2, 0) is 0 Å². The standard InChI is InChI=1S/C19H31N3OS2/c1-5-16(24)17-19(20,9-12-25-4)21-10-11-22(17)18(23)15-8-6-7-13(2)14(15)3/h6-8,16-17,21,24H,5,9-12,20H2,1-4H3. The van der Waals surface area contributed by atoms with Crippen LogP contribution in [0.5, 0.6) is 0 Å². The summed E-state index contributed by atoms with van der Waals surface area (Å²) in [5.74, 6) is 1.02. The fourth-order valence-electron chi connectivity index (χ4n) is 3.58. The van der Waals surface area contributed by atoms with Gasteiger partial charge in [-0.25, -0.2) is 0 Å². The number of piperazine rings is 1. The van der Waals surface area contributed by atoms with Crippen LogP contribution < -0.4 is 11.1 Å². The molecule has 1 aromatic rings. The van der Waals surface area contributed by atoms with Crippen LogP contribution in [0.1, 0.15) is 41.3 Å². The monoisotopic (exact) mass is 381 g/mol. The third kappa shape index (κ3) is 4.35. The van der Waals surface area contributed by atoms with Crippen LogP contribution in [0.2, 0.25) is 0 Å². The molecule has 0 spiro atoms. The van der Waals surface area contributed by atoms with Gasteiger partial charge in [-0.05, 0) is 55.9 Å². The van der Waals surface area contributed by atoms with E-state index in [-0.39, 0.29) is 17.2 Å². The number of amides is 1. The number of rotatable bonds is 6. The van der Waals surface area contributed by atoms with E-state index in [1.807, 2.05) is 36.9 Å². The summed E-state index contributed by atoms with van der Waals surface area (Å²) in [6.07, 6.45) is 3.76. The van der Waals surface area contributed by atoms with Crippen molar-refractivity contribution in [1.82, 2.24) is 10.2 Å². The number of nitrogens with two attached hydrogens (primary N) is 1. The van der Waals surface area contributed by atoms with Crippen LogP contribution in [0.4, 0.5) is 0 Å². The average molecular weight is 382 g/mol. The van der Waals surface area contributed by atoms with E-state index in [9.17, 15) is 4.79 Å². The molecular formula is C19H31N3OS2. The van der Waals surface area contributed by atoms with Gasteiger partial charge in [0.1, 0.15) is 0 Å². The van der Waals surface area contributed by atoms with Gasteiger partial charge in [-0.15, -0.1) is 0 Å². The molecule has 1 aliphatic rings. The second-order valence-corrected chi connectivity index (χ2v) is 8.53. The molecular weight excluding hydrogens is 350 g/mol. The Kier molecular flexibility index (Phi) is 7.26. The number of hydrogen-bond acceptors (Lipinski definition) is 5. The summed E-state index contributed by atoms with van der Waals surface area (Å²) < 4.78 is 0. The number of aryl methyl sites for hydroxylation is 1. The molecule has 1 saturated heterocycles. The fraction of sp³-hybridized carbons (Fsp3) is 0.632. The largest absolute Gasteiger partial charge is 0.330 e. The number of nitrogens with one attached hydrogen (secondary N) is 1. The van der Waals surface area contributed by atoms with Crippen LogP contribution in [0.3, 0.4) is 0 Å². The minimum atomic E-state index is -0.600. The van der Waals surface area contributed by atoms with E-state index >= 15 is 0 Å². The lowest BCUT2D eigenvalue weighted by Gasteiger charge is -2.51. The molecule has 140 valence electrons. The molecule has 3 unspecified atom stereocenters. The Morgan fingerprint density at radius 3 is 2.88 bits per heavy atom. The van der Waals surface area contributed by atoms with E-state index in [1.54, 1.807) is 11.8 Å². The number of nitrogens with zero attached hydrogens (tertiary/aromatic N) is 1. The van der Waals surface area contributed by atoms with Crippen LogP contribution >= 0.6 is 24.4 Å². The zero-order chi connectivity index (χ0) is 18.6. The summed E-state index contributed by atoms with van der Waals surface area (Å²) in [6.45, 7) is 7.53. The van der Waals surface area contributed by atoms with Gasteiger partial charge in [0, 0.05) is 23.9 Å². The van der Waals surface area contributed by atoms with Crippen LogP contribution in [-0.4, -0.2) is 52.9 Å². The first-order valence-electron chi connectivity index (χ1n) is 8.93. The normalized spacial score (nSPS) is 25.0. The summed E-state index contributed by atoms with van der Waals surface area (Å²) in [6, 6.07) is 5.78. The number of thioether (sulfide) groups is 1. The van der Waals surface area contributed by atoms with Gasteiger partial charge in [0.05, 0.1) is 11.7 Å². The van der Waals surface area contributed by atoms with E-state index in [1.165, 1.54) is 0 Å². The number of hydrogen-bond donors (Lipinski definition) is 3. The van der Waals surface area contributed by atoms with Gasteiger partial charge < -0.3 is 10.6 Å². The van der Waals surface area contributed by atoms with Crippen LogP contribution in [0.25, 0.3) is 0 Å².